The maximum atomic E-state index is 11.9. The molecule has 0 saturated heterocycles. The van der Waals surface area contributed by atoms with Crippen LogP contribution in [0.3, 0.4) is 0 Å². The van der Waals surface area contributed by atoms with Crippen LogP contribution in [-0.2, 0) is 9.73 Å². The Labute approximate surface area is 190 Å². The minimum atomic E-state index is -2.27. The van der Waals surface area contributed by atoms with E-state index < -0.39 is 9.73 Å². The number of pyridine rings is 2. The van der Waals surface area contributed by atoms with Gasteiger partial charge in [0.2, 0.25) is 0 Å². The fourth-order valence-corrected chi connectivity index (χ4v) is 4.40. The Hall–Kier alpha value is -2.68. The van der Waals surface area contributed by atoms with E-state index in [1.54, 1.807) is 37.2 Å². The van der Waals surface area contributed by atoms with E-state index in [2.05, 4.69) is 24.5 Å². The summed E-state index contributed by atoms with van der Waals surface area (Å²) in [7, 11) is -2.27. The second-order valence-corrected chi connectivity index (χ2v) is 10.6. The highest BCUT2D eigenvalue weighted by molar-refractivity contribution is 7.92. The van der Waals surface area contributed by atoms with Crippen molar-refractivity contribution in [1.29, 1.82) is 0 Å². The van der Waals surface area contributed by atoms with E-state index in [1.165, 1.54) is 0 Å². The largest absolute Gasteiger partial charge is 0.486 e. The molecule has 4 rings (SSSR count). The minimum Gasteiger partial charge on any atom is -0.486 e. The molecule has 7 nitrogen and oxygen atoms in total. The van der Waals surface area contributed by atoms with Crippen LogP contribution in [0.1, 0.15) is 18.6 Å². The van der Waals surface area contributed by atoms with Crippen LogP contribution in [0.4, 0.5) is 5.82 Å². The molecule has 10 heteroatoms. The third kappa shape index (κ3) is 4.81. The Morgan fingerprint density at radius 2 is 1.84 bits per heavy atom. The fourth-order valence-electron chi connectivity index (χ4n) is 3.16. The van der Waals surface area contributed by atoms with Crippen molar-refractivity contribution in [2.75, 3.05) is 12.5 Å². The molecular weight excluding hydrogens is 457 g/mol. The Kier molecular flexibility index (Phi) is 5.88. The van der Waals surface area contributed by atoms with Crippen LogP contribution in [0.2, 0.25) is 10.0 Å². The van der Waals surface area contributed by atoms with Crippen molar-refractivity contribution in [3.05, 3.63) is 64.5 Å². The molecular formula is C21H19Cl2N5O2S. The summed E-state index contributed by atoms with van der Waals surface area (Å²) in [6, 6.07) is 9.21. The molecule has 0 aliphatic carbocycles. The first kappa shape index (κ1) is 21.5. The van der Waals surface area contributed by atoms with Crippen LogP contribution in [0.25, 0.3) is 22.2 Å². The number of halogens is 2. The normalized spacial score (nSPS) is 12.7. The molecule has 1 atom stereocenters. The van der Waals surface area contributed by atoms with Gasteiger partial charge in [-0.05, 0) is 37.3 Å². The third-order valence-electron chi connectivity index (χ3n) is 4.48. The van der Waals surface area contributed by atoms with Gasteiger partial charge >= 0.3 is 0 Å². The predicted molar refractivity (Wildman–Crippen MR) is 125 cm³/mol. The summed E-state index contributed by atoms with van der Waals surface area (Å²) in [5.74, 6) is 1.06. The van der Waals surface area contributed by atoms with Crippen LogP contribution in [0, 0.1) is 0 Å². The van der Waals surface area contributed by atoms with Gasteiger partial charge < -0.3 is 4.74 Å². The second-order valence-electron chi connectivity index (χ2n) is 7.23. The molecule has 0 amide bonds. The average Bonchev–Trinajstić information content (AvgIpc) is 3.10. The van der Waals surface area contributed by atoms with Gasteiger partial charge in [0, 0.05) is 57.3 Å². The molecule has 0 aliphatic rings. The molecule has 0 aliphatic heterocycles. The van der Waals surface area contributed by atoms with Crippen molar-refractivity contribution >= 4 is 49.7 Å². The lowest BCUT2D eigenvalue weighted by molar-refractivity contribution is 0.227. The van der Waals surface area contributed by atoms with E-state index >= 15 is 0 Å². The Bertz CT molecular complexity index is 1350. The summed E-state index contributed by atoms with van der Waals surface area (Å²) >= 11 is 12.5. The summed E-state index contributed by atoms with van der Waals surface area (Å²) in [6.07, 6.45) is 7.50. The van der Waals surface area contributed by atoms with Crippen LogP contribution in [0.15, 0.2) is 53.3 Å². The zero-order valence-electron chi connectivity index (χ0n) is 17.0. The maximum absolute atomic E-state index is 11.9. The molecule has 3 heterocycles. The molecule has 3 aromatic heterocycles. The number of H-pyrrole nitrogens is 1. The van der Waals surface area contributed by atoms with Gasteiger partial charge in [-0.15, -0.1) is 0 Å². The van der Waals surface area contributed by atoms with Gasteiger partial charge in [0.1, 0.15) is 17.5 Å². The van der Waals surface area contributed by atoms with Crippen molar-refractivity contribution < 1.29 is 8.95 Å². The van der Waals surface area contributed by atoms with Gasteiger partial charge in [0.25, 0.3) is 0 Å². The molecule has 0 spiro atoms. The smallest absolute Gasteiger partial charge is 0.161 e. The zero-order valence-corrected chi connectivity index (χ0v) is 19.3. The highest BCUT2D eigenvalue weighted by Gasteiger charge is 2.17. The number of nitrogens with zero attached hydrogens (tertiary/aromatic N) is 4. The van der Waals surface area contributed by atoms with Gasteiger partial charge in [-0.2, -0.15) is 9.46 Å². The van der Waals surface area contributed by atoms with Crippen LogP contribution >= 0.6 is 23.2 Å². The number of nitrogens with one attached hydrogen (secondary N) is 1. The Balaban J connectivity index is 1.66. The molecule has 0 radical (unpaired) electrons. The highest BCUT2D eigenvalue weighted by atomic mass is 35.5. The van der Waals surface area contributed by atoms with Crippen LogP contribution in [-0.4, -0.2) is 36.9 Å². The van der Waals surface area contributed by atoms with E-state index in [0.29, 0.717) is 27.2 Å². The van der Waals surface area contributed by atoms with Crippen molar-refractivity contribution in [2.45, 2.75) is 13.0 Å². The number of ether oxygens (including phenoxy) is 1. The molecule has 0 unspecified atom stereocenters. The van der Waals surface area contributed by atoms with Crippen molar-refractivity contribution in [3.63, 3.8) is 0 Å². The highest BCUT2D eigenvalue weighted by Crippen LogP contribution is 2.34. The SMILES string of the molecule is C[C@H](Oc1ccc2[nH]nc(-c3ccc(N=S(C)(C)=O)nc3)c2c1)c1c(Cl)cncc1Cl. The van der Waals surface area contributed by atoms with E-state index in [0.717, 1.165) is 22.2 Å². The first-order valence-electron chi connectivity index (χ1n) is 9.28. The molecule has 4 aromatic rings. The van der Waals surface area contributed by atoms with Gasteiger partial charge in [-0.25, -0.2) is 9.19 Å². The molecule has 0 fully saturated rings. The lowest BCUT2D eigenvalue weighted by Gasteiger charge is -2.17. The molecule has 0 saturated carbocycles. The number of hydrogen-bond acceptors (Lipinski definition) is 6. The summed E-state index contributed by atoms with van der Waals surface area (Å²) in [5, 5.41) is 9.21. The molecule has 1 aromatic carbocycles. The van der Waals surface area contributed by atoms with Gasteiger partial charge in [0.15, 0.2) is 5.82 Å². The summed E-state index contributed by atoms with van der Waals surface area (Å²) in [6.45, 7) is 1.87. The van der Waals surface area contributed by atoms with E-state index in [-0.39, 0.29) is 6.10 Å². The monoisotopic (exact) mass is 475 g/mol. The zero-order chi connectivity index (χ0) is 22.2. The molecule has 160 valence electrons. The standard InChI is InChI=1S/C21H19Cl2N5O2S/c1-12(20-16(22)10-24-11-17(20)23)30-14-5-6-18-15(8-14)21(27-26-18)13-4-7-19(25-9-13)28-31(2,3)29/h4-12H,1-3H3,(H,26,27)/t12-/m0/s1. The third-order valence-corrected chi connectivity index (χ3v) is 5.71. The number of aromatic nitrogens is 4. The van der Waals surface area contributed by atoms with Gasteiger partial charge in [0.05, 0.1) is 15.6 Å². The quantitative estimate of drug-likeness (QED) is 0.392. The summed E-state index contributed by atoms with van der Waals surface area (Å²) in [5.41, 5.74) is 3.06. The number of fused-ring (bicyclic) bond motifs is 1. The fraction of sp³-hybridized carbons (Fsp3) is 0.190. The van der Waals surface area contributed by atoms with Crippen molar-refractivity contribution in [2.24, 2.45) is 4.36 Å². The second kappa shape index (κ2) is 8.45. The van der Waals surface area contributed by atoms with E-state index in [9.17, 15) is 4.21 Å². The minimum absolute atomic E-state index is 0.378. The summed E-state index contributed by atoms with van der Waals surface area (Å²) < 4.78 is 22.1. The van der Waals surface area contributed by atoms with Gasteiger partial charge in [-0.1, -0.05) is 23.2 Å². The lowest BCUT2D eigenvalue weighted by atomic mass is 10.1. The van der Waals surface area contributed by atoms with E-state index in [1.807, 2.05) is 31.2 Å². The van der Waals surface area contributed by atoms with Gasteiger partial charge in [-0.3, -0.25) is 10.1 Å². The first-order valence-corrected chi connectivity index (χ1v) is 12.4. The number of rotatable bonds is 5. The van der Waals surface area contributed by atoms with Crippen LogP contribution in [0.5, 0.6) is 5.75 Å². The molecule has 1 N–H and O–H groups in total. The molecule has 31 heavy (non-hydrogen) atoms. The Morgan fingerprint density at radius 1 is 1.10 bits per heavy atom. The lowest BCUT2D eigenvalue weighted by Crippen LogP contribution is -2.05. The van der Waals surface area contributed by atoms with Crippen molar-refractivity contribution in [3.8, 4) is 17.0 Å². The predicted octanol–water partition coefficient (Wildman–Crippen LogP) is 5.83. The topological polar surface area (TPSA) is 93.1 Å². The number of benzene rings is 1. The first-order chi connectivity index (χ1) is 14.7. The summed E-state index contributed by atoms with van der Waals surface area (Å²) in [4.78, 5) is 8.27. The average molecular weight is 476 g/mol. The van der Waals surface area contributed by atoms with Crippen LogP contribution < -0.4 is 4.74 Å². The van der Waals surface area contributed by atoms with E-state index in [4.69, 9.17) is 27.9 Å². The van der Waals surface area contributed by atoms with Crippen molar-refractivity contribution in [1.82, 2.24) is 20.2 Å². The maximum Gasteiger partial charge on any atom is 0.161 e. The Morgan fingerprint density at radius 3 is 2.48 bits per heavy atom. The number of aromatic amines is 1. The number of hydrogen-bond donors (Lipinski definition) is 1. The molecule has 0 bridgehead atoms.